The van der Waals surface area contributed by atoms with E-state index in [0.717, 1.165) is 51.1 Å². The third kappa shape index (κ3) is 5.11. The van der Waals surface area contributed by atoms with Crippen LogP contribution in [0.3, 0.4) is 0 Å². The normalized spacial score (nSPS) is 21.7. The van der Waals surface area contributed by atoms with Crippen LogP contribution in [0.5, 0.6) is 5.75 Å². The maximum Gasteiger partial charge on any atom is 0.321 e. The third-order valence-electron chi connectivity index (χ3n) is 5.31. The van der Waals surface area contributed by atoms with Gasteiger partial charge in [-0.25, -0.2) is 4.79 Å². The van der Waals surface area contributed by atoms with Crippen molar-refractivity contribution in [2.75, 3.05) is 45.7 Å². The zero-order valence-electron chi connectivity index (χ0n) is 15.9. The molecule has 144 valence electrons. The van der Waals surface area contributed by atoms with Crippen LogP contribution in [0.2, 0.25) is 0 Å². The molecule has 0 bridgehead atoms. The molecule has 0 radical (unpaired) electrons. The first-order chi connectivity index (χ1) is 12.6. The highest BCUT2D eigenvalue weighted by Crippen LogP contribution is 2.26. The number of para-hydroxylation sites is 2. The van der Waals surface area contributed by atoms with Crippen molar-refractivity contribution < 1.29 is 14.3 Å². The quantitative estimate of drug-likeness (QED) is 0.875. The first kappa shape index (κ1) is 19.0. The van der Waals surface area contributed by atoms with Crippen LogP contribution in [0.25, 0.3) is 0 Å². The predicted octanol–water partition coefficient (Wildman–Crippen LogP) is 3.19. The Bertz CT molecular complexity index is 579. The molecule has 2 heterocycles. The molecule has 2 aliphatic rings. The zero-order chi connectivity index (χ0) is 18.4. The number of rotatable bonds is 5. The molecule has 1 aromatic carbocycles. The van der Waals surface area contributed by atoms with Crippen molar-refractivity contribution in [1.29, 1.82) is 0 Å². The molecule has 6 nitrogen and oxygen atoms in total. The summed E-state index contributed by atoms with van der Waals surface area (Å²) in [5, 5.41) is 3.02. The molecule has 0 saturated carbocycles. The number of hydrogen-bond acceptors (Lipinski definition) is 4. The molecule has 1 N–H and O–H groups in total. The molecule has 26 heavy (non-hydrogen) atoms. The van der Waals surface area contributed by atoms with Gasteiger partial charge in [0.05, 0.1) is 11.8 Å². The summed E-state index contributed by atoms with van der Waals surface area (Å²) in [4.78, 5) is 16.8. The minimum atomic E-state index is -0.0489. The molecule has 0 aromatic heterocycles. The van der Waals surface area contributed by atoms with Crippen LogP contribution in [-0.4, -0.2) is 68.4 Å². The minimum absolute atomic E-state index is 0.0489. The Kier molecular flexibility index (Phi) is 6.74. The average molecular weight is 361 g/mol. The third-order valence-corrected chi connectivity index (χ3v) is 5.31. The lowest BCUT2D eigenvalue weighted by Gasteiger charge is -2.35. The summed E-state index contributed by atoms with van der Waals surface area (Å²) in [5.41, 5.74) is 0.725. The van der Waals surface area contributed by atoms with E-state index in [4.69, 9.17) is 9.47 Å². The summed E-state index contributed by atoms with van der Waals surface area (Å²) < 4.78 is 11.7. The van der Waals surface area contributed by atoms with Gasteiger partial charge in [0, 0.05) is 25.7 Å². The molecule has 1 unspecified atom stereocenters. The van der Waals surface area contributed by atoms with Crippen LogP contribution in [-0.2, 0) is 4.74 Å². The van der Waals surface area contributed by atoms with E-state index >= 15 is 0 Å². The number of urea groups is 1. The number of carbonyl (C=O) groups excluding carboxylic acids is 1. The summed E-state index contributed by atoms with van der Waals surface area (Å²) in [6, 6.07) is 8.14. The van der Waals surface area contributed by atoms with Crippen molar-refractivity contribution in [1.82, 2.24) is 9.80 Å². The number of nitrogens with one attached hydrogen (secondary N) is 1. The highest BCUT2D eigenvalue weighted by atomic mass is 16.5. The van der Waals surface area contributed by atoms with Gasteiger partial charge in [0.2, 0.25) is 0 Å². The molecule has 3 rings (SSSR count). The lowest BCUT2D eigenvalue weighted by Crippen LogP contribution is -2.46. The summed E-state index contributed by atoms with van der Waals surface area (Å²) in [5.74, 6) is 0.707. The van der Waals surface area contributed by atoms with E-state index in [-0.39, 0.29) is 12.1 Å². The first-order valence-corrected chi connectivity index (χ1v) is 9.69. The highest BCUT2D eigenvalue weighted by molar-refractivity contribution is 5.91. The van der Waals surface area contributed by atoms with E-state index in [1.54, 1.807) is 0 Å². The Morgan fingerprint density at radius 3 is 2.69 bits per heavy atom. The Labute approximate surface area is 156 Å². The van der Waals surface area contributed by atoms with Crippen molar-refractivity contribution in [3.63, 3.8) is 0 Å². The fraction of sp³-hybridized carbons (Fsp3) is 0.650. The lowest BCUT2D eigenvalue weighted by atomic mass is 10.0. The van der Waals surface area contributed by atoms with E-state index in [0.29, 0.717) is 18.4 Å². The van der Waals surface area contributed by atoms with Gasteiger partial charge in [-0.05, 0) is 58.3 Å². The lowest BCUT2D eigenvalue weighted by molar-refractivity contribution is -0.0109. The molecule has 2 aliphatic heterocycles. The van der Waals surface area contributed by atoms with Crippen LogP contribution in [0.1, 0.15) is 32.1 Å². The Morgan fingerprint density at radius 1 is 1.23 bits per heavy atom. The van der Waals surface area contributed by atoms with Gasteiger partial charge in [0.15, 0.2) is 0 Å². The monoisotopic (exact) mass is 361 g/mol. The fourth-order valence-corrected chi connectivity index (χ4v) is 3.60. The van der Waals surface area contributed by atoms with Gasteiger partial charge < -0.3 is 24.6 Å². The van der Waals surface area contributed by atoms with Gasteiger partial charge in [0.1, 0.15) is 12.4 Å². The van der Waals surface area contributed by atoms with Gasteiger partial charge in [-0.15, -0.1) is 0 Å². The maximum atomic E-state index is 12.6. The highest BCUT2D eigenvalue weighted by Gasteiger charge is 2.24. The van der Waals surface area contributed by atoms with Crippen LogP contribution < -0.4 is 10.1 Å². The molecular weight excluding hydrogens is 330 g/mol. The molecule has 0 spiro atoms. The number of amides is 2. The van der Waals surface area contributed by atoms with E-state index in [2.05, 4.69) is 24.3 Å². The molecule has 2 saturated heterocycles. The second-order valence-electron chi connectivity index (χ2n) is 7.41. The van der Waals surface area contributed by atoms with Gasteiger partial charge >= 0.3 is 6.03 Å². The van der Waals surface area contributed by atoms with E-state index in [9.17, 15) is 4.79 Å². The van der Waals surface area contributed by atoms with Gasteiger partial charge in [-0.2, -0.15) is 0 Å². The van der Waals surface area contributed by atoms with Gasteiger partial charge in [0.25, 0.3) is 0 Å². The topological polar surface area (TPSA) is 54.0 Å². The summed E-state index contributed by atoms with van der Waals surface area (Å²) in [6.45, 7) is 2.91. The van der Waals surface area contributed by atoms with Crippen molar-refractivity contribution in [3.05, 3.63) is 24.3 Å². The second kappa shape index (κ2) is 9.24. The Hall–Kier alpha value is -1.79. The number of piperidine rings is 1. The second-order valence-corrected chi connectivity index (χ2v) is 7.41. The molecule has 1 aromatic rings. The van der Waals surface area contributed by atoms with Crippen LogP contribution >= 0.6 is 0 Å². The zero-order valence-corrected chi connectivity index (χ0v) is 15.9. The average Bonchev–Trinajstić information content (AvgIpc) is 2.68. The van der Waals surface area contributed by atoms with Gasteiger partial charge in [-0.3, -0.25) is 0 Å². The summed E-state index contributed by atoms with van der Waals surface area (Å²) in [6.07, 6.45) is 5.53. The maximum absolute atomic E-state index is 12.6. The molecule has 0 aliphatic carbocycles. The van der Waals surface area contributed by atoms with E-state index in [1.165, 1.54) is 6.42 Å². The fourth-order valence-electron chi connectivity index (χ4n) is 3.60. The van der Waals surface area contributed by atoms with E-state index < -0.39 is 0 Å². The van der Waals surface area contributed by atoms with E-state index in [1.807, 2.05) is 29.2 Å². The number of hydrogen-bond donors (Lipinski definition) is 1. The largest absolute Gasteiger partial charge is 0.489 e. The van der Waals surface area contributed by atoms with Crippen LogP contribution in [0, 0.1) is 0 Å². The number of likely N-dealkylation sites (tertiary alicyclic amines) is 1. The van der Waals surface area contributed by atoms with Crippen molar-refractivity contribution >= 4 is 11.7 Å². The summed E-state index contributed by atoms with van der Waals surface area (Å²) >= 11 is 0. The molecule has 2 fully saturated rings. The number of ether oxygens (including phenoxy) is 2. The number of anilines is 1. The molecule has 1 atom stereocenters. The summed E-state index contributed by atoms with van der Waals surface area (Å²) in [7, 11) is 4.20. The van der Waals surface area contributed by atoms with Crippen molar-refractivity contribution in [3.8, 4) is 5.75 Å². The van der Waals surface area contributed by atoms with Crippen LogP contribution in [0.15, 0.2) is 24.3 Å². The van der Waals surface area contributed by atoms with Crippen LogP contribution in [0.4, 0.5) is 10.5 Å². The van der Waals surface area contributed by atoms with Gasteiger partial charge in [-0.1, -0.05) is 12.1 Å². The Balaban J connectivity index is 1.53. The smallest absolute Gasteiger partial charge is 0.321 e. The number of benzene rings is 1. The standard InChI is InChI=1S/C20H31N3O3/c1-22(2)16-10-12-23(13-11-16)20(24)21-18-8-3-4-9-19(18)26-15-17-7-5-6-14-25-17/h3-4,8-9,16-17H,5-7,10-15H2,1-2H3,(H,21,24). The minimum Gasteiger partial charge on any atom is -0.489 e. The molecule has 2 amide bonds. The number of carbonyl (C=O) groups is 1. The molecular formula is C20H31N3O3. The van der Waals surface area contributed by atoms with Crippen molar-refractivity contribution in [2.24, 2.45) is 0 Å². The Morgan fingerprint density at radius 2 is 2.00 bits per heavy atom. The number of nitrogens with zero attached hydrogens (tertiary/aromatic N) is 2. The molecule has 6 heteroatoms. The van der Waals surface area contributed by atoms with Crippen molar-refractivity contribution in [2.45, 2.75) is 44.2 Å². The first-order valence-electron chi connectivity index (χ1n) is 9.69. The SMILES string of the molecule is CN(C)C1CCN(C(=O)Nc2ccccc2OCC2CCCCO2)CC1. The predicted molar refractivity (Wildman–Crippen MR) is 103 cm³/mol.